The van der Waals surface area contributed by atoms with E-state index in [1.807, 2.05) is 13.8 Å². The van der Waals surface area contributed by atoms with Crippen molar-refractivity contribution in [1.82, 2.24) is 0 Å². The van der Waals surface area contributed by atoms with Crippen LogP contribution in [0.2, 0.25) is 0 Å². The van der Waals surface area contributed by atoms with Gasteiger partial charge in [0.15, 0.2) is 12.6 Å². The molecule has 0 amide bonds. The van der Waals surface area contributed by atoms with E-state index in [1.165, 1.54) is 0 Å². The molecule has 0 unspecified atom stereocenters. The number of unbranched alkanes of at least 4 members (excludes halogenated alkanes) is 1. The fourth-order valence-electron chi connectivity index (χ4n) is 1.85. The van der Waals surface area contributed by atoms with Gasteiger partial charge < -0.3 is 18.9 Å². The Hall–Kier alpha value is -1.59. The highest BCUT2D eigenvalue weighted by atomic mass is 16.7. The first kappa shape index (κ1) is 18.5. The fraction of sp³-hybridized carbons (Fsp3) is 0.588. The number of ether oxygens (including phenoxy) is 4. The van der Waals surface area contributed by atoms with Gasteiger partial charge in [0, 0.05) is 13.2 Å². The van der Waals surface area contributed by atoms with Gasteiger partial charge in [-0.15, -0.1) is 0 Å². The fourth-order valence-corrected chi connectivity index (χ4v) is 1.85. The van der Waals surface area contributed by atoms with Crippen molar-refractivity contribution in [3.63, 3.8) is 0 Å². The average Bonchev–Trinajstić information content (AvgIpc) is 2.53. The van der Waals surface area contributed by atoms with Crippen molar-refractivity contribution in [1.29, 1.82) is 0 Å². The van der Waals surface area contributed by atoms with E-state index in [-0.39, 0.29) is 6.61 Å². The highest BCUT2D eigenvalue weighted by molar-refractivity contribution is 5.80. The molecule has 1 aromatic rings. The number of rotatable bonds is 12. The Morgan fingerprint density at radius 3 is 2.41 bits per heavy atom. The van der Waals surface area contributed by atoms with E-state index in [4.69, 9.17) is 18.9 Å². The van der Waals surface area contributed by atoms with Crippen LogP contribution in [0.5, 0.6) is 11.5 Å². The molecule has 5 heteroatoms. The maximum absolute atomic E-state index is 11.2. The summed E-state index contributed by atoms with van der Waals surface area (Å²) in [6, 6.07) is 5.22. The SMILES string of the molecule is CCCCOc1ccc(OCC(OCC)OCC)c(C=O)c1. The van der Waals surface area contributed by atoms with Crippen LogP contribution in [0.3, 0.4) is 0 Å². The molecule has 0 N–H and O–H groups in total. The first-order valence-electron chi connectivity index (χ1n) is 7.83. The molecule has 0 fully saturated rings. The number of aldehydes is 1. The predicted molar refractivity (Wildman–Crippen MR) is 84.8 cm³/mol. The monoisotopic (exact) mass is 310 g/mol. The molecular formula is C17H26O5. The van der Waals surface area contributed by atoms with Gasteiger partial charge in [0.2, 0.25) is 0 Å². The molecule has 5 nitrogen and oxygen atoms in total. The molecule has 0 aromatic heterocycles. The first-order chi connectivity index (χ1) is 10.7. The van der Waals surface area contributed by atoms with Gasteiger partial charge in [-0.2, -0.15) is 0 Å². The molecule has 0 aliphatic carbocycles. The van der Waals surface area contributed by atoms with Crippen LogP contribution in [0.25, 0.3) is 0 Å². The van der Waals surface area contributed by atoms with Crippen molar-refractivity contribution >= 4 is 6.29 Å². The van der Waals surface area contributed by atoms with Crippen LogP contribution in [0.4, 0.5) is 0 Å². The highest BCUT2D eigenvalue weighted by Crippen LogP contribution is 2.23. The summed E-state index contributed by atoms with van der Waals surface area (Å²) in [4.78, 5) is 11.2. The molecular weight excluding hydrogens is 284 g/mol. The van der Waals surface area contributed by atoms with Crippen molar-refractivity contribution in [2.75, 3.05) is 26.4 Å². The minimum Gasteiger partial charge on any atom is -0.494 e. The molecule has 1 rings (SSSR count). The average molecular weight is 310 g/mol. The maximum Gasteiger partial charge on any atom is 0.191 e. The third-order valence-corrected chi connectivity index (χ3v) is 2.95. The summed E-state index contributed by atoms with van der Waals surface area (Å²) < 4.78 is 22.0. The van der Waals surface area contributed by atoms with Gasteiger partial charge in [-0.25, -0.2) is 0 Å². The third kappa shape index (κ3) is 6.45. The predicted octanol–water partition coefficient (Wildman–Crippen LogP) is 3.46. The molecule has 0 aliphatic rings. The molecule has 0 atom stereocenters. The Labute approximate surface area is 132 Å². The van der Waals surface area contributed by atoms with Crippen LogP contribution in [-0.2, 0) is 9.47 Å². The van der Waals surface area contributed by atoms with E-state index >= 15 is 0 Å². The van der Waals surface area contributed by atoms with Gasteiger partial charge in [-0.05, 0) is 38.5 Å². The van der Waals surface area contributed by atoms with Crippen molar-refractivity contribution < 1.29 is 23.7 Å². The summed E-state index contributed by atoms with van der Waals surface area (Å²) in [5.41, 5.74) is 0.459. The van der Waals surface area contributed by atoms with E-state index in [1.54, 1.807) is 18.2 Å². The second-order valence-electron chi connectivity index (χ2n) is 4.67. The number of hydrogen-bond acceptors (Lipinski definition) is 5. The van der Waals surface area contributed by atoms with Crippen molar-refractivity contribution in [2.24, 2.45) is 0 Å². The normalized spacial score (nSPS) is 10.7. The number of carbonyl (C=O) groups excluding carboxylic acids is 1. The standard InChI is InChI=1S/C17H26O5/c1-4-7-10-21-15-8-9-16(14(11-15)12-18)22-13-17(19-5-2)20-6-3/h8-9,11-12,17H,4-7,10,13H2,1-3H3. The van der Waals surface area contributed by atoms with Gasteiger partial charge in [0.05, 0.1) is 12.2 Å². The van der Waals surface area contributed by atoms with E-state index in [0.29, 0.717) is 36.9 Å². The number of benzene rings is 1. The summed E-state index contributed by atoms with van der Waals surface area (Å²) >= 11 is 0. The molecule has 0 radical (unpaired) electrons. The van der Waals surface area contributed by atoms with Gasteiger partial charge in [0.1, 0.15) is 18.1 Å². The molecule has 1 aromatic carbocycles. The zero-order chi connectivity index (χ0) is 16.2. The summed E-state index contributed by atoms with van der Waals surface area (Å²) in [7, 11) is 0. The molecule has 0 saturated carbocycles. The third-order valence-electron chi connectivity index (χ3n) is 2.95. The maximum atomic E-state index is 11.2. The summed E-state index contributed by atoms with van der Waals surface area (Å²) in [5, 5.41) is 0. The van der Waals surface area contributed by atoms with Crippen LogP contribution in [0.15, 0.2) is 18.2 Å². The number of carbonyl (C=O) groups is 1. The van der Waals surface area contributed by atoms with E-state index in [0.717, 1.165) is 19.1 Å². The zero-order valence-electron chi connectivity index (χ0n) is 13.7. The molecule has 124 valence electrons. The molecule has 0 bridgehead atoms. The lowest BCUT2D eigenvalue weighted by molar-refractivity contribution is -0.152. The van der Waals surface area contributed by atoms with Crippen LogP contribution in [-0.4, -0.2) is 39.0 Å². The lowest BCUT2D eigenvalue weighted by atomic mass is 10.2. The van der Waals surface area contributed by atoms with Crippen LogP contribution in [0.1, 0.15) is 44.0 Å². The first-order valence-corrected chi connectivity index (χ1v) is 7.83. The Balaban J connectivity index is 2.63. The van der Waals surface area contributed by atoms with Crippen molar-refractivity contribution in [2.45, 2.75) is 39.9 Å². The van der Waals surface area contributed by atoms with Gasteiger partial charge >= 0.3 is 0 Å². The van der Waals surface area contributed by atoms with Gasteiger partial charge in [-0.3, -0.25) is 4.79 Å². The molecule has 0 spiro atoms. The van der Waals surface area contributed by atoms with Crippen molar-refractivity contribution in [3.8, 4) is 11.5 Å². The number of hydrogen-bond donors (Lipinski definition) is 0. The van der Waals surface area contributed by atoms with E-state index < -0.39 is 6.29 Å². The van der Waals surface area contributed by atoms with E-state index in [2.05, 4.69) is 6.92 Å². The zero-order valence-corrected chi connectivity index (χ0v) is 13.7. The summed E-state index contributed by atoms with van der Waals surface area (Å²) in [5.74, 6) is 1.18. The Morgan fingerprint density at radius 2 is 1.82 bits per heavy atom. The van der Waals surface area contributed by atoms with Crippen LogP contribution < -0.4 is 9.47 Å². The topological polar surface area (TPSA) is 54.0 Å². The molecule has 0 saturated heterocycles. The molecule has 0 heterocycles. The Kier molecular flexibility index (Phi) is 9.26. The van der Waals surface area contributed by atoms with Crippen LogP contribution in [0, 0.1) is 0 Å². The second kappa shape index (κ2) is 11.0. The summed E-state index contributed by atoms with van der Waals surface area (Å²) in [6.45, 7) is 7.85. The largest absolute Gasteiger partial charge is 0.494 e. The summed E-state index contributed by atoms with van der Waals surface area (Å²) in [6.07, 6.45) is 2.38. The highest BCUT2D eigenvalue weighted by Gasteiger charge is 2.11. The lowest BCUT2D eigenvalue weighted by Crippen LogP contribution is -2.25. The lowest BCUT2D eigenvalue weighted by Gasteiger charge is -2.18. The minimum absolute atomic E-state index is 0.235. The van der Waals surface area contributed by atoms with Crippen LogP contribution >= 0.6 is 0 Å². The Morgan fingerprint density at radius 1 is 1.09 bits per heavy atom. The second-order valence-corrected chi connectivity index (χ2v) is 4.67. The molecule has 22 heavy (non-hydrogen) atoms. The van der Waals surface area contributed by atoms with Gasteiger partial charge in [-0.1, -0.05) is 13.3 Å². The van der Waals surface area contributed by atoms with Crippen molar-refractivity contribution in [3.05, 3.63) is 23.8 Å². The quantitative estimate of drug-likeness (QED) is 0.336. The van der Waals surface area contributed by atoms with Gasteiger partial charge in [0.25, 0.3) is 0 Å². The smallest absolute Gasteiger partial charge is 0.191 e. The Bertz CT molecular complexity index is 427. The van der Waals surface area contributed by atoms with E-state index in [9.17, 15) is 4.79 Å². The molecule has 0 aliphatic heterocycles. The minimum atomic E-state index is -0.435.